The summed E-state index contributed by atoms with van der Waals surface area (Å²) >= 11 is 1.54. The van der Waals surface area contributed by atoms with E-state index in [0.29, 0.717) is 17.7 Å². The molecule has 2 N–H and O–H groups in total. The molecule has 1 aromatic carbocycles. The molecule has 0 saturated carbocycles. The first-order valence-corrected chi connectivity index (χ1v) is 7.82. The molecule has 0 aliphatic rings. The molecule has 20 heavy (non-hydrogen) atoms. The van der Waals surface area contributed by atoms with E-state index in [2.05, 4.69) is 11.4 Å². The van der Waals surface area contributed by atoms with Gasteiger partial charge in [0.1, 0.15) is 0 Å². The molecule has 108 valence electrons. The minimum Gasteiger partial charge on any atom is -0.396 e. The highest BCUT2D eigenvalue weighted by molar-refractivity contribution is 7.99. The molecule has 0 spiro atoms. The number of nitrogens with one attached hydrogen (secondary N) is 1. The second kappa shape index (κ2) is 9.40. The van der Waals surface area contributed by atoms with Crippen LogP contribution in [0.3, 0.4) is 0 Å². The van der Waals surface area contributed by atoms with Crippen molar-refractivity contribution in [1.82, 2.24) is 5.32 Å². The van der Waals surface area contributed by atoms with E-state index in [4.69, 9.17) is 10.4 Å². The Bertz CT molecular complexity index is 454. The monoisotopic (exact) mass is 292 g/mol. The van der Waals surface area contributed by atoms with Gasteiger partial charge in [-0.3, -0.25) is 4.79 Å². The predicted octanol–water partition coefficient (Wildman–Crippen LogP) is 2.07. The lowest BCUT2D eigenvalue weighted by atomic mass is 10.1. The zero-order chi connectivity index (χ0) is 14.8. The van der Waals surface area contributed by atoms with E-state index in [1.54, 1.807) is 23.9 Å². The first kappa shape index (κ1) is 16.5. The number of hydrogen-bond acceptors (Lipinski definition) is 4. The molecule has 0 heterocycles. The van der Waals surface area contributed by atoms with Crippen LogP contribution in [-0.4, -0.2) is 29.4 Å². The number of nitrogens with zero attached hydrogens (tertiary/aromatic N) is 1. The Kier molecular flexibility index (Phi) is 7.78. The van der Waals surface area contributed by atoms with Crippen molar-refractivity contribution in [3.63, 3.8) is 0 Å². The molecular formula is C15H20N2O2S. The van der Waals surface area contributed by atoms with Crippen LogP contribution in [0.2, 0.25) is 0 Å². The fraction of sp³-hybridized carbons (Fsp3) is 0.467. The van der Waals surface area contributed by atoms with Crippen LogP contribution < -0.4 is 5.32 Å². The topological polar surface area (TPSA) is 73.1 Å². The SMILES string of the molecule is CCC(CCO)NC(=O)CSCc1ccc(C#N)cc1. The van der Waals surface area contributed by atoms with Crippen LogP contribution in [-0.2, 0) is 10.5 Å². The van der Waals surface area contributed by atoms with E-state index in [-0.39, 0.29) is 18.6 Å². The Morgan fingerprint density at radius 3 is 2.70 bits per heavy atom. The molecule has 1 aromatic rings. The normalized spacial score (nSPS) is 11.7. The smallest absolute Gasteiger partial charge is 0.230 e. The Morgan fingerprint density at radius 2 is 2.15 bits per heavy atom. The third-order valence-corrected chi connectivity index (χ3v) is 3.92. The Balaban J connectivity index is 2.29. The van der Waals surface area contributed by atoms with Gasteiger partial charge in [-0.25, -0.2) is 0 Å². The molecule has 1 amide bonds. The molecule has 1 unspecified atom stereocenters. The molecule has 0 aromatic heterocycles. The molecule has 0 saturated heterocycles. The molecule has 5 heteroatoms. The van der Waals surface area contributed by atoms with Gasteiger partial charge in [0, 0.05) is 18.4 Å². The van der Waals surface area contributed by atoms with E-state index in [0.717, 1.165) is 17.7 Å². The number of thioether (sulfide) groups is 1. The number of nitriles is 1. The minimum atomic E-state index is 0.00365. The fourth-order valence-electron chi connectivity index (χ4n) is 1.74. The minimum absolute atomic E-state index is 0.00365. The van der Waals surface area contributed by atoms with Crippen LogP contribution in [0.1, 0.15) is 30.9 Å². The van der Waals surface area contributed by atoms with E-state index in [1.165, 1.54) is 0 Å². The predicted molar refractivity (Wildman–Crippen MR) is 81.2 cm³/mol. The lowest BCUT2D eigenvalue weighted by Gasteiger charge is -2.15. The summed E-state index contributed by atoms with van der Waals surface area (Å²) in [6.45, 7) is 2.08. The highest BCUT2D eigenvalue weighted by atomic mass is 32.2. The van der Waals surface area contributed by atoms with Gasteiger partial charge in [0.15, 0.2) is 0 Å². The van der Waals surface area contributed by atoms with E-state index < -0.39 is 0 Å². The zero-order valence-electron chi connectivity index (χ0n) is 11.6. The largest absolute Gasteiger partial charge is 0.396 e. The highest BCUT2D eigenvalue weighted by Gasteiger charge is 2.09. The number of amides is 1. The number of carbonyl (C=O) groups is 1. The van der Waals surface area contributed by atoms with Gasteiger partial charge in [-0.2, -0.15) is 5.26 Å². The standard InChI is InChI=1S/C15H20N2O2S/c1-2-14(7-8-18)17-15(19)11-20-10-13-5-3-12(9-16)4-6-13/h3-6,14,18H,2,7-8,10-11H2,1H3,(H,17,19). The molecule has 0 radical (unpaired) electrons. The van der Waals surface area contributed by atoms with Crippen LogP contribution in [0.5, 0.6) is 0 Å². The summed E-state index contributed by atoms with van der Waals surface area (Å²) in [5.74, 6) is 1.15. The molecule has 0 bridgehead atoms. The van der Waals surface area contributed by atoms with Crippen molar-refractivity contribution in [3.05, 3.63) is 35.4 Å². The summed E-state index contributed by atoms with van der Waals surface area (Å²) in [7, 11) is 0. The number of aliphatic hydroxyl groups excluding tert-OH is 1. The maximum Gasteiger partial charge on any atom is 0.230 e. The second-order valence-electron chi connectivity index (χ2n) is 4.49. The van der Waals surface area contributed by atoms with Crippen molar-refractivity contribution in [2.75, 3.05) is 12.4 Å². The third-order valence-electron chi connectivity index (χ3n) is 2.92. The summed E-state index contributed by atoms with van der Waals surface area (Å²) in [6.07, 6.45) is 1.43. The number of hydrogen-bond donors (Lipinski definition) is 2. The highest BCUT2D eigenvalue weighted by Crippen LogP contribution is 2.13. The Morgan fingerprint density at radius 1 is 1.45 bits per heavy atom. The van der Waals surface area contributed by atoms with Crippen LogP contribution in [0.4, 0.5) is 0 Å². The van der Waals surface area contributed by atoms with E-state index in [1.807, 2.05) is 19.1 Å². The van der Waals surface area contributed by atoms with Gasteiger partial charge in [-0.05, 0) is 30.5 Å². The first-order chi connectivity index (χ1) is 9.69. The van der Waals surface area contributed by atoms with Crippen molar-refractivity contribution in [1.29, 1.82) is 5.26 Å². The lowest BCUT2D eigenvalue weighted by Crippen LogP contribution is -2.36. The van der Waals surface area contributed by atoms with Crippen LogP contribution in [0.25, 0.3) is 0 Å². The summed E-state index contributed by atoms with van der Waals surface area (Å²) in [5.41, 5.74) is 1.75. The molecule has 0 aliphatic carbocycles. The molecule has 0 fully saturated rings. The summed E-state index contributed by atoms with van der Waals surface area (Å²) in [6, 6.07) is 9.51. The van der Waals surface area contributed by atoms with Gasteiger partial charge >= 0.3 is 0 Å². The number of rotatable bonds is 8. The number of benzene rings is 1. The van der Waals surface area contributed by atoms with Crippen molar-refractivity contribution in [3.8, 4) is 6.07 Å². The zero-order valence-corrected chi connectivity index (χ0v) is 12.4. The average molecular weight is 292 g/mol. The Hall–Kier alpha value is -1.51. The average Bonchev–Trinajstić information content (AvgIpc) is 2.47. The van der Waals surface area contributed by atoms with Crippen molar-refractivity contribution < 1.29 is 9.90 Å². The molecule has 0 aliphatic heterocycles. The van der Waals surface area contributed by atoms with Gasteiger partial charge in [0.05, 0.1) is 17.4 Å². The molecule has 4 nitrogen and oxygen atoms in total. The van der Waals surface area contributed by atoms with Crippen LogP contribution >= 0.6 is 11.8 Å². The number of aliphatic hydroxyl groups is 1. The summed E-state index contributed by atoms with van der Waals surface area (Å²) < 4.78 is 0. The first-order valence-electron chi connectivity index (χ1n) is 6.66. The number of carbonyl (C=O) groups excluding carboxylic acids is 1. The Labute approximate surface area is 124 Å². The van der Waals surface area contributed by atoms with Gasteiger partial charge in [-0.15, -0.1) is 11.8 Å². The van der Waals surface area contributed by atoms with Crippen molar-refractivity contribution in [2.45, 2.75) is 31.6 Å². The fourth-order valence-corrected chi connectivity index (χ4v) is 2.54. The van der Waals surface area contributed by atoms with Gasteiger partial charge < -0.3 is 10.4 Å². The molecular weight excluding hydrogens is 272 g/mol. The molecule has 1 rings (SSSR count). The maximum atomic E-state index is 11.7. The van der Waals surface area contributed by atoms with Gasteiger partial charge in [0.2, 0.25) is 5.91 Å². The van der Waals surface area contributed by atoms with Gasteiger partial charge in [-0.1, -0.05) is 19.1 Å². The second-order valence-corrected chi connectivity index (χ2v) is 5.47. The van der Waals surface area contributed by atoms with E-state index >= 15 is 0 Å². The van der Waals surface area contributed by atoms with Crippen molar-refractivity contribution in [2.24, 2.45) is 0 Å². The summed E-state index contributed by atoms with van der Waals surface area (Å²) in [5, 5.41) is 20.5. The quantitative estimate of drug-likeness (QED) is 0.769. The van der Waals surface area contributed by atoms with Crippen LogP contribution in [0, 0.1) is 11.3 Å². The maximum absolute atomic E-state index is 11.7. The lowest BCUT2D eigenvalue weighted by molar-refractivity contribution is -0.119. The third kappa shape index (κ3) is 6.09. The van der Waals surface area contributed by atoms with Crippen molar-refractivity contribution >= 4 is 17.7 Å². The summed E-state index contributed by atoms with van der Waals surface area (Å²) in [4.78, 5) is 11.7. The van der Waals surface area contributed by atoms with E-state index in [9.17, 15) is 4.79 Å². The molecule has 1 atom stereocenters. The van der Waals surface area contributed by atoms with Crippen LogP contribution in [0.15, 0.2) is 24.3 Å². The van der Waals surface area contributed by atoms with Gasteiger partial charge in [0.25, 0.3) is 0 Å².